The van der Waals surface area contributed by atoms with Crippen LogP contribution in [0.5, 0.6) is 11.5 Å². The number of H-pyrrole nitrogens is 1. The van der Waals surface area contributed by atoms with Gasteiger partial charge >= 0.3 is 0 Å². The number of aromatic amines is 1. The van der Waals surface area contributed by atoms with Gasteiger partial charge in [0.25, 0.3) is 0 Å². The van der Waals surface area contributed by atoms with Crippen LogP contribution in [0.2, 0.25) is 5.02 Å². The van der Waals surface area contributed by atoms with E-state index in [9.17, 15) is 5.11 Å². The zero-order chi connectivity index (χ0) is 17.4. The number of benzene rings is 3. The van der Waals surface area contributed by atoms with Crippen molar-refractivity contribution in [1.82, 2.24) is 4.98 Å². The van der Waals surface area contributed by atoms with E-state index >= 15 is 0 Å². The third-order valence-electron chi connectivity index (χ3n) is 4.29. The van der Waals surface area contributed by atoms with Crippen molar-refractivity contribution in [3.63, 3.8) is 0 Å². The fourth-order valence-corrected chi connectivity index (χ4v) is 3.14. The Balaban J connectivity index is 1.80. The summed E-state index contributed by atoms with van der Waals surface area (Å²) in [5, 5.41) is 12.0. The van der Waals surface area contributed by atoms with Crippen LogP contribution in [0.4, 0.5) is 0 Å². The molecule has 4 aromatic rings. The summed E-state index contributed by atoms with van der Waals surface area (Å²) in [5.41, 5.74) is 4.66. The Labute approximate surface area is 150 Å². The van der Waals surface area contributed by atoms with Crippen LogP contribution < -0.4 is 4.74 Å². The van der Waals surface area contributed by atoms with Crippen molar-refractivity contribution in [2.45, 2.75) is 0 Å². The highest BCUT2D eigenvalue weighted by Crippen LogP contribution is 2.35. The van der Waals surface area contributed by atoms with Gasteiger partial charge in [0.1, 0.15) is 11.5 Å². The molecule has 1 aromatic heterocycles. The van der Waals surface area contributed by atoms with Crippen LogP contribution in [0.3, 0.4) is 0 Å². The van der Waals surface area contributed by atoms with Crippen LogP contribution in [-0.2, 0) is 0 Å². The molecule has 0 amide bonds. The molecule has 3 nitrogen and oxygen atoms in total. The van der Waals surface area contributed by atoms with E-state index in [0.717, 1.165) is 39.0 Å². The van der Waals surface area contributed by atoms with Crippen molar-refractivity contribution < 1.29 is 9.84 Å². The van der Waals surface area contributed by atoms with Gasteiger partial charge in [0.15, 0.2) is 0 Å². The maximum Gasteiger partial charge on any atom is 0.124 e. The van der Waals surface area contributed by atoms with E-state index in [0.29, 0.717) is 5.02 Å². The van der Waals surface area contributed by atoms with Gasteiger partial charge in [-0.2, -0.15) is 0 Å². The second-order valence-electron chi connectivity index (χ2n) is 5.88. The summed E-state index contributed by atoms with van der Waals surface area (Å²) in [5.74, 6) is 1.05. The molecule has 0 atom stereocenters. The first-order valence-corrected chi connectivity index (χ1v) is 8.28. The molecule has 3 aromatic carbocycles. The maximum atomic E-state index is 10.3. The van der Waals surface area contributed by atoms with E-state index in [2.05, 4.69) is 4.98 Å². The van der Waals surface area contributed by atoms with Crippen molar-refractivity contribution in [2.24, 2.45) is 0 Å². The summed E-state index contributed by atoms with van der Waals surface area (Å²) >= 11 is 6.06. The standard InChI is InChI=1S/C21H16ClNO2/c1-25-17-6-2-13(3-7-17)14-4-9-21(24)18(11-14)20-12-15-10-16(22)5-8-19(15)23-20/h2-12,23-24H,1H3. The van der Waals surface area contributed by atoms with Crippen LogP contribution in [0.15, 0.2) is 66.7 Å². The summed E-state index contributed by atoms with van der Waals surface area (Å²) < 4.78 is 5.20. The van der Waals surface area contributed by atoms with E-state index in [1.165, 1.54) is 0 Å². The molecule has 0 spiro atoms. The number of hydrogen-bond donors (Lipinski definition) is 2. The SMILES string of the molecule is COc1ccc(-c2ccc(O)c(-c3cc4cc(Cl)ccc4[nH]3)c2)cc1. The van der Waals surface area contributed by atoms with Gasteiger partial charge in [-0.1, -0.05) is 29.8 Å². The van der Waals surface area contributed by atoms with E-state index < -0.39 is 0 Å². The third kappa shape index (κ3) is 2.94. The highest BCUT2D eigenvalue weighted by atomic mass is 35.5. The lowest BCUT2D eigenvalue weighted by Crippen LogP contribution is -1.85. The minimum atomic E-state index is 0.231. The van der Waals surface area contributed by atoms with Gasteiger partial charge in [0, 0.05) is 21.5 Å². The number of ether oxygens (including phenoxy) is 1. The van der Waals surface area contributed by atoms with Gasteiger partial charge < -0.3 is 14.8 Å². The van der Waals surface area contributed by atoms with Gasteiger partial charge in [-0.05, 0) is 59.7 Å². The third-order valence-corrected chi connectivity index (χ3v) is 4.53. The lowest BCUT2D eigenvalue weighted by Gasteiger charge is -2.08. The number of nitrogens with one attached hydrogen (secondary N) is 1. The van der Waals surface area contributed by atoms with Crippen molar-refractivity contribution in [1.29, 1.82) is 0 Å². The molecule has 0 saturated carbocycles. The number of halogens is 1. The van der Waals surface area contributed by atoms with Crippen molar-refractivity contribution >= 4 is 22.5 Å². The molecule has 4 heteroatoms. The number of hydrogen-bond acceptors (Lipinski definition) is 2. The van der Waals surface area contributed by atoms with E-state index in [1.807, 2.05) is 60.7 Å². The number of aromatic nitrogens is 1. The molecular formula is C21H16ClNO2. The van der Waals surface area contributed by atoms with Gasteiger partial charge in [-0.3, -0.25) is 0 Å². The lowest BCUT2D eigenvalue weighted by atomic mass is 10.0. The predicted molar refractivity (Wildman–Crippen MR) is 102 cm³/mol. The zero-order valence-corrected chi connectivity index (χ0v) is 14.3. The zero-order valence-electron chi connectivity index (χ0n) is 13.6. The molecule has 0 saturated heterocycles. The maximum absolute atomic E-state index is 10.3. The Morgan fingerprint density at radius 3 is 2.40 bits per heavy atom. The Kier molecular flexibility index (Phi) is 3.86. The van der Waals surface area contributed by atoms with Crippen molar-refractivity contribution in [3.05, 3.63) is 71.8 Å². The van der Waals surface area contributed by atoms with E-state index in [1.54, 1.807) is 13.2 Å². The molecule has 0 aliphatic heterocycles. The number of phenolic OH excluding ortho intramolecular Hbond substituents is 1. The van der Waals surface area contributed by atoms with Crippen molar-refractivity contribution in [2.75, 3.05) is 7.11 Å². The fourth-order valence-electron chi connectivity index (χ4n) is 2.96. The molecule has 2 N–H and O–H groups in total. The molecule has 0 radical (unpaired) electrons. The Hall–Kier alpha value is -2.91. The molecule has 0 aliphatic carbocycles. The normalized spacial score (nSPS) is 11.0. The summed E-state index contributed by atoms with van der Waals surface area (Å²) in [4.78, 5) is 3.34. The molecule has 124 valence electrons. The highest BCUT2D eigenvalue weighted by molar-refractivity contribution is 6.31. The number of rotatable bonds is 3. The predicted octanol–water partition coefficient (Wildman–Crippen LogP) is 5.87. The molecule has 4 rings (SSSR count). The quantitative estimate of drug-likeness (QED) is 0.486. The fraction of sp³-hybridized carbons (Fsp3) is 0.0476. The summed E-state index contributed by atoms with van der Waals surface area (Å²) in [6.07, 6.45) is 0. The monoisotopic (exact) mass is 349 g/mol. The van der Waals surface area contributed by atoms with Crippen LogP contribution >= 0.6 is 11.6 Å². The molecule has 0 aliphatic rings. The summed E-state index contributed by atoms with van der Waals surface area (Å²) in [6.45, 7) is 0. The van der Waals surface area contributed by atoms with E-state index in [-0.39, 0.29) is 5.75 Å². The average molecular weight is 350 g/mol. The van der Waals surface area contributed by atoms with Crippen molar-refractivity contribution in [3.8, 4) is 33.9 Å². The minimum absolute atomic E-state index is 0.231. The Morgan fingerprint density at radius 2 is 1.64 bits per heavy atom. The van der Waals surface area contributed by atoms with Crippen LogP contribution in [-0.4, -0.2) is 17.2 Å². The van der Waals surface area contributed by atoms with Crippen LogP contribution in [0.1, 0.15) is 0 Å². The first kappa shape index (κ1) is 15.6. The lowest BCUT2D eigenvalue weighted by molar-refractivity contribution is 0.415. The smallest absolute Gasteiger partial charge is 0.124 e. The highest BCUT2D eigenvalue weighted by Gasteiger charge is 2.10. The van der Waals surface area contributed by atoms with Crippen LogP contribution in [0, 0.1) is 0 Å². The van der Waals surface area contributed by atoms with Crippen LogP contribution in [0.25, 0.3) is 33.3 Å². The van der Waals surface area contributed by atoms with E-state index in [4.69, 9.17) is 16.3 Å². The van der Waals surface area contributed by atoms with Gasteiger partial charge in [-0.25, -0.2) is 0 Å². The molecule has 0 fully saturated rings. The summed E-state index contributed by atoms with van der Waals surface area (Å²) in [7, 11) is 1.65. The molecule has 25 heavy (non-hydrogen) atoms. The summed E-state index contributed by atoms with van der Waals surface area (Å²) in [6, 6.07) is 21.1. The second-order valence-corrected chi connectivity index (χ2v) is 6.31. The van der Waals surface area contributed by atoms with Gasteiger partial charge in [0.2, 0.25) is 0 Å². The first-order chi connectivity index (χ1) is 12.1. The number of phenols is 1. The Morgan fingerprint density at radius 1 is 0.880 bits per heavy atom. The number of fused-ring (bicyclic) bond motifs is 1. The molecule has 0 unspecified atom stereocenters. The Bertz CT molecular complexity index is 1050. The molecular weight excluding hydrogens is 334 g/mol. The number of aromatic hydroxyl groups is 1. The second kappa shape index (κ2) is 6.19. The minimum Gasteiger partial charge on any atom is -0.507 e. The first-order valence-electron chi connectivity index (χ1n) is 7.90. The van der Waals surface area contributed by atoms with Gasteiger partial charge in [0.05, 0.1) is 12.8 Å². The topological polar surface area (TPSA) is 45.2 Å². The molecule has 1 heterocycles. The average Bonchev–Trinajstić information content (AvgIpc) is 3.05. The van der Waals surface area contributed by atoms with Gasteiger partial charge in [-0.15, -0.1) is 0 Å². The number of methoxy groups -OCH3 is 1. The largest absolute Gasteiger partial charge is 0.507 e. The molecule has 0 bridgehead atoms.